The maximum atomic E-state index is 5.99. The van der Waals surface area contributed by atoms with E-state index in [1.165, 1.54) is 22.3 Å². The maximum Gasteiger partial charge on any atom is 0.118 e. The van der Waals surface area contributed by atoms with Gasteiger partial charge in [0.05, 0.1) is 19.8 Å². The Labute approximate surface area is 126 Å². The van der Waals surface area contributed by atoms with Crippen LogP contribution in [0.4, 0.5) is 0 Å². The average Bonchev–Trinajstić information content (AvgIpc) is 2.89. The molecule has 0 bridgehead atoms. The smallest absolute Gasteiger partial charge is 0.118 e. The molecule has 0 N–H and O–H groups in total. The Morgan fingerprint density at radius 2 is 1.76 bits per heavy atom. The molecule has 0 spiro atoms. The first-order valence-electron chi connectivity index (χ1n) is 7.27. The van der Waals surface area contributed by atoms with E-state index in [0.717, 1.165) is 12.2 Å². The van der Waals surface area contributed by atoms with Gasteiger partial charge in [-0.05, 0) is 41.3 Å². The highest BCUT2D eigenvalue weighted by molar-refractivity contribution is 5.72. The highest BCUT2D eigenvalue weighted by atomic mass is 16.5. The van der Waals surface area contributed by atoms with Crippen molar-refractivity contribution in [2.24, 2.45) is 0 Å². The van der Waals surface area contributed by atoms with Crippen LogP contribution in [0.2, 0.25) is 0 Å². The number of hydrogen-bond donors (Lipinski definition) is 0. The summed E-state index contributed by atoms with van der Waals surface area (Å²) in [6.45, 7) is 2.87. The highest BCUT2D eigenvalue weighted by Crippen LogP contribution is 2.31. The number of methoxy groups -OCH3 is 1. The molecule has 3 rings (SSSR count). The number of benzene rings is 2. The van der Waals surface area contributed by atoms with Crippen molar-refractivity contribution in [1.82, 2.24) is 0 Å². The number of rotatable bonds is 4. The van der Waals surface area contributed by atoms with Gasteiger partial charge in [-0.15, -0.1) is 0 Å². The second kappa shape index (κ2) is 6.15. The minimum Gasteiger partial charge on any atom is -0.497 e. The zero-order valence-corrected chi connectivity index (χ0v) is 12.5. The van der Waals surface area contributed by atoms with E-state index in [-0.39, 0.29) is 6.10 Å². The predicted octanol–water partition coefficient (Wildman–Crippen LogP) is 4.11. The van der Waals surface area contributed by atoms with Crippen molar-refractivity contribution in [2.75, 3.05) is 13.7 Å². The van der Waals surface area contributed by atoms with Gasteiger partial charge in [0.1, 0.15) is 5.75 Å². The first kappa shape index (κ1) is 13.9. The third-order valence-electron chi connectivity index (χ3n) is 4.09. The fraction of sp³-hybridized carbons (Fsp3) is 0.263. The molecule has 1 heterocycles. The zero-order valence-electron chi connectivity index (χ0n) is 12.5. The second-order valence-electron chi connectivity index (χ2n) is 5.38. The average molecular weight is 280 g/mol. The molecule has 0 saturated carbocycles. The van der Waals surface area contributed by atoms with Crippen molar-refractivity contribution in [2.45, 2.75) is 19.4 Å². The van der Waals surface area contributed by atoms with E-state index in [1.54, 1.807) is 7.11 Å². The topological polar surface area (TPSA) is 18.5 Å². The molecule has 0 radical (unpaired) electrons. The van der Waals surface area contributed by atoms with Crippen molar-refractivity contribution in [3.05, 3.63) is 71.3 Å². The van der Waals surface area contributed by atoms with Crippen LogP contribution >= 0.6 is 0 Å². The van der Waals surface area contributed by atoms with Crippen molar-refractivity contribution < 1.29 is 9.47 Å². The highest BCUT2D eigenvalue weighted by Gasteiger charge is 2.24. The van der Waals surface area contributed by atoms with Crippen molar-refractivity contribution in [3.63, 3.8) is 0 Å². The van der Waals surface area contributed by atoms with Crippen LogP contribution in [0.25, 0.3) is 5.57 Å². The van der Waals surface area contributed by atoms with Gasteiger partial charge in [-0.3, -0.25) is 0 Å². The summed E-state index contributed by atoms with van der Waals surface area (Å²) in [6, 6.07) is 18.7. The molecule has 2 heteroatoms. The Morgan fingerprint density at radius 1 is 1.05 bits per heavy atom. The Kier molecular flexibility index (Phi) is 4.07. The summed E-state index contributed by atoms with van der Waals surface area (Å²) in [7, 11) is 1.69. The minimum absolute atomic E-state index is 0.185. The molecule has 0 amide bonds. The summed E-state index contributed by atoms with van der Waals surface area (Å²) in [5, 5.41) is 0. The normalized spacial score (nSPS) is 18.1. The number of hydrogen-bond acceptors (Lipinski definition) is 2. The van der Waals surface area contributed by atoms with E-state index in [1.807, 2.05) is 18.2 Å². The van der Waals surface area contributed by atoms with Gasteiger partial charge in [-0.1, -0.05) is 42.5 Å². The van der Waals surface area contributed by atoms with Crippen molar-refractivity contribution >= 4 is 5.57 Å². The number of ether oxygens (including phenoxy) is 2. The summed E-state index contributed by atoms with van der Waals surface area (Å²) in [5.41, 5.74) is 5.18. The summed E-state index contributed by atoms with van der Waals surface area (Å²) >= 11 is 0. The van der Waals surface area contributed by atoms with Gasteiger partial charge in [0.2, 0.25) is 0 Å². The molecule has 0 fully saturated rings. The Hall–Kier alpha value is -2.06. The van der Waals surface area contributed by atoms with Crippen LogP contribution in [-0.2, 0) is 11.2 Å². The largest absolute Gasteiger partial charge is 0.497 e. The fourth-order valence-electron chi connectivity index (χ4n) is 2.76. The fourth-order valence-corrected chi connectivity index (χ4v) is 2.76. The molecule has 1 unspecified atom stereocenters. The molecule has 0 aromatic heterocycles. The van der Waals surface area contributed by atoms with Gasteiger partial charge in [0, 0.05) is 6.42 Å². The molecule has 1 atom stereocenters. The Bertz CT molecular complexity index is 626. The first-order valence-corrected chi connectivity index (χ1v) is 7.27. The van der Waals surface area contributed by atoms with E-state index in [0.29, 0.717) is 6.61 Å². The lowest BCUT2D eigenvalue weighted by molar-refractivity contribution is 0.124. The zero-order chi connectivity index (χ0) is 14.7. The lowest BCUT2D eigenvalue weighted by Gasteiger charge is -2.11. The molecule has 2 aromatic rings. The van der Waals surface area contributed by atoms with Gasteiger partial charge < -0.3 is 9.47 Å². The van der Waals surface area contributed by atoms with Crippen LogP contribution in [0.5, 0.6) is 5.75 Å². The molecule has 0 aliphatic carbocycles. The molecule has 2 nitrogen and oxygen atoms in total. The van der Waals surface area contributed by atoms with Crippen LogP contribution in [-0.4, -0.2) is 19.8 Å². The van der Waals surface area contributed by atoms with E-state index < -0.39 is 0 Å². The van der Waals surface area contributed by atoms with Crippen LogP contribution < -0.4 is 4.74 Å². The van der Waals surface area contributed by atoms with Crippen LogP contribution in [0, 0.1) is 0 Å². The first-order chi connectivity index (χ1) is 10.3. The molecule has 0 saturated heterocycles. The summed E-state index contributed by atoms with van der Waals surface area (Å²) in [5.74, 6) is 0.886. The standard InChI is InChI=1S/C19H20O2/c1-14-18(16-8-10-17(20-2)11-9-16)13-21-19(14)12-15-6-4-3-5-7-15/h3-11,19H,12-13H2,1-2H3. The van der Waals surface area contributed by atoms with Crippen LogP contribution in [0.3, 0.4) is 0 Å². The summed E-state index contributed by atoms with van der Waals surface area (Å²) in [4.78, 5) is 0. The van der Waals surface area contributed by atoms with Gasteiger partial charge in [-0.2, -0.15) is 0 Å². The van der Waals surface area contributed by atoms with E-state index in [2.05, 4.69) is 43.3 Å². The Morgan fingerprint density at radius 3 is 2.43 bits per heavy atom. The monoisotopic (exact) mass is 280 g/mol. The van der Waals surface area contributed by atoms with Crippen LogP contribution in [0.1, 0.15) is 18.1 Å². The Balaban J connectivity index is 1.79. The van der Waals surface area contributed by atoms with Gasteiger partial charge >= 0.3 is 0 Å². The molecular formula is C19H20O2. The maximum absolute atomic E-state index is 5.99. The van der Waals surface area contributed by atoms with Gasteiger partial charge in [-0.25, -0.2) is 0 Å². The van der Waals surface area contributed by atoms with Crippen molar-refractivity contribution in [1.29, 1.82) is 0 Å². The molecule has 1 aliphatic heterocycles. The SMILES string of the molecule is COc1ccc(C2=C(C)C(Cc3ccccc3)OC2)cc1. The van der Waals surface area contributed by atoms with E-state index >= 15 is 0 Å². The minimum atomic E-state index is 0.185. The van der Waals surface area contributed by atoms with Crippen molar-refractivity contribution in [3.8, 4) is 5.75 Å². The van der Waals surface area contributed by atoms with Gasteiger partial charge in [0.15, 0.2) is 0 Å². The molecule has 1 aliphatic rings. The lowest BCUT2D eigenvalue weighted by atomic mass is 9.97. The summed E-state index contributed by atoms with van der Waals surface area (Å²) < 4.78 is 11.2. The predicted molar refractivity (Wildman–Crippen MR) is 85.5 cm³/mol. The van der Waals surface area contributed by atoms with Crippen LogP contribution in [0.15, 0.2) is 60.2 Å². The molecule has 108 valence electrons. The second-order valence-corrected chi connectivity index (χ2v) is 5.38. The quantitative estimate of drug-likeness (QED) is 0.839. The summed E-state index contributed by atoms with van der Waals surface area (Å²) in [6.07, 6.45) is 1.12. The molecular weight excluding hydrogens is 260 g/mol. The third kappa shape index (κ3) is 3.01. The molecule has 21 heavy (non-hydrogen) atoms. The van der Waals surface area contributed by atoms with Gasteiger partial charge in [0.25, 0.3) is 0 Å². The van der Waals surface area contributed by atoms with E-state index in [9.17, 15) is 0 Å². The third-order valence-corrected chi connectivity index (χ3v) is 4.09. The lowest BCUT2D eigenvalue weighted by Crippen LogP contribution is -2.12. The molecule has 2 aromatic carbocycles. The van der Waals surface area contributed by atoms with E-state index in [4.69, 9.17) is 9.47 Å².